The first kappa shape index (κ1) is 19.1. The molecule has 1 atom stereocenters. The van der Waals surface area contributed by atoms with E-state index in [-0.39, 0.29) is 5.91 Å². The Labute approximate surface area is 155 Å². The molecule has 2 aromatic rings. The Hall–Kier alpha value is -2.68. The lowest BCUT2D eigenvalue weighted by Crippen LogP contribution is -2.53. The summed E-state index contributed by atoms with van der Waals surface area (Å²) in [5.41, 5.74) is -0.399. The maximum absolute atomic E-state index is 12.6. The van der Waals surface area contributed by atoms with Crippen LogP contribution in [0, 0.1) is 0 Å². The first-order chi connectivity index (χ1) is 12.8. The Morgan fingerprint density at radius 2 is 1.67 bits per heavy atom. The van der Waals surface area contributed by atoms with Crippen LogP contribution in [0.25, 0.3) is 0 Å². The first-order valence-corrected chi connectivity index (χ1v) is 8.59. The molecule has 0 spiro atoms. The zero-order valence-corrected chi connectivity index (χ0v) is 14.8. The zero-order valence-electron chi connectivity index (χ0n) is 14.8. The Morgan fingerprint density at radius 3 is 2.22 bits per heavy atom. The molecule has 3 rings (SSSR count). The lowest BCUT2D eigenvalue weighted by Gasteiger charge is -2.37. The van der Waals surface area contributed by atoms with E-state index < -0.39 is 17.8 Å². The van der Waals surface area contributed by atoms with Crippen LogP contribution >= 0.6 is 0 Å². The Balaban J connectivity index is 1.54. The molecule has 144 valence electrons. The van der Waals surface area contributed by atoms with Crippen LogP contribution < -0.4 is 10.2 Å². The normalized spacial score (nSPS) is 16.8. The Morgan fingerprint density at radius 1 is 1.07 bits per heavy atom. The summed E-state index contributed by atoms with van der Waals surface area (Å²) in [7, 11) is 0. The molecule has 1 fully saturated rings. The number of amides is 1. The van der Waals surface area contributed by atoms with Crippen LogP contribution in [0.5, 0.6) is 0 Å². The number of piperazine rings is 1. The van der Waals surface area contributed by atoms with Crippen molar-refractivity contribution in [2.24, 2.45) is 0 Å². The average molecular weight is 379 g/mol. The van der Waals surface area contributed by atoms with Gasteiger partial charge in [0.1, 0.15) is 0 Å². The molecular formula is C18H20F3N5O. The van der Waals surface area contributed by atoms with Crippen LogP contribution in [0.1, 0.15) is 12.5 Å². The molecule has 0 aliphatic carbocycles. The highest BCUT2D eigenvalue weighted by molar-refractivity contribution is 5.94. The van der Waals surface area contributed by atoms with Crippen molar-refractivity contribution in [1.82, 2.24) is 14.9 Å². The van der Waals surface area contributed by atoms with Gasteiger partial charge in [-0.05, 0) is 37.3 Å². The molecule has 1 aliphatic rings. The van der Waals surface area contributed by atoms with Crippen LogP contribution in [0.3, 0.4) is 0 Å². The lowest BCUT2D eigenvalue weighted by molar-refractivity contribution is -0.137. The van der Waals surface area contributed by atoms with Gasteiger partial charge in [-0.15, -0.1) is 0 Å². The van der Waals surface area contributed by atoms with Crippen molar-refractivity contribution in [3.8, 4) is 0 Å². The van der Waals surface area contributed by atoms with E-state index in [9.17, 15) is 18.0 Å². The smallest absolute Gasteiger partial charge is 0.338 e. The highest BCUT2D eigenvalue weighted by atomic mass is 19.4. The minimum atomic E-state index is -4.39. The van der Waals surface area contributed by atoms with Gasteiger partial charge in [0, 0.05) is 44.3 Å². The number of hydrogen-bond acceptors (Lipinski definition) is 5. The second-order valence-electron chi connectivity index (χ2n) is 6.31. The van der Waals surface area contributed by atoms with E-state index in [1.54, 1.807) is 25.4 Å². The third kappa shape index (κ3) is 4.73. The minimum Gasteiger partial charge on any atom is -0.338 e. The fraction of sp³-hybridized carbons (Fsp3) is 0.389. The predicted molar refractivity (Wildman–Crippen MR) is 95.4 cm³/mol. The second-order valence-corrected chi connectivity index (χ2v) is 6.31. The van der Waals surface area contributed by atoms with Gasteiger partial charge in [0.15, 0.2) is 0 Å². The molecule has 1 aromatic carbocycles. The number of halogens is 3. The van der Waals surface area contributed by atoms with Crippen molar-refractivity contribution in [3.05, 3.63) is 48.3 Å². The minimum absolute atomic E-state index is 0.251. The second kappa shape index (κ2) is 7.91. The molecule has 9 heteroatoms. The summed E-state index contributed by atoms with van der Waals surface area (Å²) in [5.74, 6) is 0.415. The topological polar surface area (TPSA) is 61.4 Å². The average Bonchev–Trinajstić information content (AvgIpc) is 2.68. The third-order valence-electron chi connectivity index (χ3n) is 4.56. The molecule has 1 unspecified atom stereocenters. The van der Waals surface area contributed by atoms with E-state index in [4.69, 9.17) is 0 Å². The SMILES string of the molecule is CC(C(=O)Nc1ccc(C(F)(F)F)cc1)N1CCN(c2ncccn2)CC1. The van der Waals surface area contributed by atoms with Gasteiger partial charge in [-0.2, -0.15) is 13.2 Å². The summed E-state index contributed by atoms with van der Waals surface area (Å²) < 4.78 is 37.8. The summed E-state index contributed by atoms with van der Waals surface area (Å²) in [4.78, 5) is 25.0. The molecule has 2 heterocycles. The molecule has 1 aromatic heterocycles. The number of nitrogens with zero attached hydrogens (tertiary/aromatic N) is 4. The molecule has 0 saturated carbocycles. The maximum Gasteiger partial charge on any atom is 0.416 e. The van der Waals surface area contributed by atoms with Crippen molar-refractivity contribution < 1.29 is 18.0 Å². The first-order valence-electron chi connectivity index (χ1n) is 8.59. The van der Waals surface area contributed by atoms with E-state index in [1.165, 1.54) is 12.1 Å². The zero-order chi connectivity index (χ0) is 19.4. The van der Waals surface area contributed by atoms with E-state index >= 15 is 0 Å². The van der Waals surface area contributed by atoms with E-state index in [0.717, 1.165) is 12.1 Å². The molecule has 1 N–H and O–H groups in total. The molecular weight excluding hydrogens is 359 g/mol. The van der Waals surface area contributed by atoms with E-state index in [2.05, 4.69) is 20.2 Å². The van der Waals surface area contributed by atoms with Crippen molar-refractivity contribution in [3.63, 3.8) is 0 Å². The number of hydrogen-bond donors (Lipinski definition) is 1. The van der Waals surface area contributed by atoms with Crippen LogP contribution in [-0.4, -0.2) is 53.0 Å². The Kier molecular flexibility index (Phi) is 5.59. The summed E-state index contributed by atoms with van der Waals surface area (Å²) in [5, 5.41) is 2.67. The molecule has 6 nitrogen and oxygen atoms in total. The number of nitrogens with one attached hydrogen (secondary N) is 1. The van der Waals surface area contributed by atoms with Gasteiger partial charge in [-0.25, -0.2) is 9.97 Å². The van der Waals surface area contributed by atoms with Crippen molar-refractivity contribution >= 4 is 17.5 Å². The van der Waals surface area contributed by atoms with Gasteiger partial charge in [0.2, 0.25) is 11.9 Å². The van der Waals surface area contributed by atoms with Gasteiger partial charge in [0.05, 0.1) is 11.6 Å². The van der Waals surface area contributed by atoms with Crippen molar-refractivity contribution in [2.45, 2.75) is 19.1 Å². The number of alkyl halides is 3. The number of aromatic nitrogens is 2. The molecule has 0 bridgehead atoms. The summed E-state index contributed by atoms with van der Waals surface area (Å²) in [6.45, 7) is 4.51. The number of carbonyl (C=O) groups excluding carboxylic acids is 1. The highest BCUT2D eigenvalue weighted by Gasteiger charge is 2.30. The molecule has 1 saturated heterocycles. The number of benzene rings is 1. The maximum atomic E-state index is 12.6. The van der Waals surface area contributed by atoms with Gasteiger partial charge >= 0.3 is 6.18 Å². The summed E-state index contributed by atoms with van der Waals surface area (Å²) in [6, 6.07) is 5.80. The van der Waals surface area contributed by atoms with Crippen molar-refractivity contribution in [2.75, 3.05) is 36.4 Å². The fourth-order valence-corrected chi connectivity index (χ4v) is 2.92. The fourth-order valence-electron chi connectivity index (χ4n) is 2.92. The van der Waals surface area contributed by atoms with Crippen LogP contribution in [0.15, 0.2) is 42.7 Å². The largest absolute Gasteiger partial charge is 0.416 e. The quantitative estimate of drug-likeness (QED) is 0.885. The van der Waals surface area contributed by atoms with Gasteiger partial charge < -0.3 is 10.2 Å². The number of carbonyl (C=O) groups is 1. The van der Waals surface area contributed by atoms with Gasteiger partial charge in [0.25, 0.3) is 0 Å². The monoisotopic (exact) mass is 379 g/mol. The Bertz CT molecular complexity index is 759. The molecule has 27 heavy (non-hydrogen) atoms. The van der Waals surface area contributed by atoms with Crippen LogP contribution in [-0.2, 0) is 11.0 Å². The number of rotatable bonds is 4. The molecule has 0 radical (unpaired) electrons. The van der Waals surface area contributed by atoms with Crippen molar-refractivity contribution in [1.29, 1.82) is 0 Å². The summed E-state index contributed by atoms with van der Waals surface area (Å²) in [6.07, 6.45) is -1.01. The standard InChI is InChI=1S/C18H20F3N5O/c1-13(16(27)24-15-5-3-14(4-6-15)18(19,20)21)25-9-11-26(12-10-25)17-22-7-2-8-23-17/h2-8,13H,9-12H2,1H3,(H,24,27). The van der Waals surface area contributed by atoms with Crippen LogP contribution in [0.2, 0.25) is 0 Å². The molecule has 1 aliphatic heterocycles. The van der Waals surface area contributed by atoms with E-state index in [0.29, 0.717) is 37.8 Å². The third-order valence-corrected chi connectivity index (χ3v) is 4.56. The summed E-state index contributed by atoms with van der Waals surface area (Å²) >= 11 is 0. The van der Waals surface area contributed by atoms with Gasteiger partial charge in [-0.3, -0.25) is 9.69 Å². The van der Waals surface area contributed by atoms with Crippen LogP contribution in [0.4, 0.5) is 24.8 Å². The number of anilines is 2. The highest BCUT2D eigenvalue weighted by Crippen LogP contribution is 2.29. The lowest BCUT2D eigenvalue weighted by atomic mass is 10.2. The molecule has 1 amide bonds. The predicted octanol–water partition coefficient (Wildman–Crippen LogP) is 2.64. The van der Waals surface area contributed by atoms with E-state index in [1.807, 2.05) is 4.90 Å². The van der Waals surface area contributed by atoms with Gasteiger partial charge in [-0.1, -0.05) is 0 Å².